The molecule has 2 aromatic carbocycles. The van der Waals surface area contributed by atoms with Gasteiger partial charge in [-0.2, -0.15) is 0 Å². The van der Waals surface area contributed by atoms with Crippen molar-refractivity contribution >= 4 is 0 Å². The zero-order valence-corrected chi connectivity index (χ0v) is 13.1. The first-order valence-electron chi connectivity index (χ1n) is 7.39. The molecule has 0 aliphatic rings. The van der Waals surface area contributed by atoms with E-state index in [0.717, 1.165) is 0 Å². The van der Waals surface area contributed by atoms with Gasteiger partial charge in [-0.05, 0) is 42.3 Å². The molecule has 0 unspecified atom stereocenters. The molecule has 0 heterocycles. The number of rotatable bonds is 7. The summed E-state index contributed by atoms with van der Waals surface area (Å²) in [5, 5.41) is 0. The molecule has 0 radical (unpaired) electrons. The molecule has 0 saturated heterocycles. The van der Waals surface area contributed by atoms with Gasteiger partial charge in [-0.15, -0.1) is 13.2 Å². The molecule has 24 heavy (non-hydrogen) atoms. The average Bonchev–Trinajstić information content (AvgIpc) is 2.53. The molecule has 7 heteroatoms. The van der Waals surface area contributed by atoms with Crippen molar-refractivity contribution in [1.29, 1.82) is 0 Å². The monoisotopic (exact) mass is 341 g/mol. The van der Waals surface area contributed by atoms with Gasteiger partial charge in [-0.3, -0.25) is 0 Å². The van der Waals surface area contributed by atoms with Crippen molar-refractivity contribution in [3.8, 4) is 28.4 Å². The Bertz CT molecular complexity index is 674. The average molecular weight is 341 g/mol. The van der Waals surface area contributed by atoms with Crippen LogP contribution in [0, 0.1) is 0 Å². The van der Waals surface area contributed by atoms with Gasteiger partial charge >= 0.3 is 6.36 Å². The second-order valence-electron chi connectivity index (χ2n) is 4.81. The number of hydrogen-bond donors (Lipinski definition) is 1. The Balaban J connectivity index is 2.37. The van der Waals surface area contributed by atoms with Gasteiger partial charge in [0.1, 0.15) is 12.4 Å². The maximum Gasteiger partial charge on any atom is 0.573 e. The predicted octanol–water partition coefficient (Wildman–Crippen LogP) is 3.99. The quantitative estimate of drug-likeness (QED) is 0.827. The minimum absolute atomic E-state index is 0.0116. The summed E-state index contributed by atoms with van der Waals surface area (Å²) in [6.07, 6.45) is -4.81. The number of halogens is 3. The number of ether oxygens (including phenoxy) is 3. The van der Waals surface area contributed by atoms with Gasteiger partial charge in [0.05, 0.1) is 6.61 Å². The third-order valence-electron chi connectivity index (χ3n) is 3.02. The highest BCUT2D eigenvalue weighted by atomic mass is 19.4. The lowest BCUT2D eigenvalue weighted by Crippen LogP contribution is -2.18. The summed E-state index contributed by atoms with van der Waals surface area (Å²) in [5.74, 6) is 0.217. The minimum atomic E-state index is -4.81. The van der Waals surface area contributed by atoms with Gasteiger partial charge in [-0.25, -0.2) is 0 Å². The van der Waals surface area contributed by atoms with Crippen molar-refractivity contribution in [2.24, 2.45) is 5.73 Å². The van der Waals surface area contributed by atoms with Crippen LogP contribution in [-0.4, -0.2) is 26.1 Å². The molecule has 0 aromatic heterocycles. The van der Waals surface area contributed by atoms with Crippen LogP contribution in [0.4, 0.5) is 13.2 Å². The van der Waals surface area contributed by atoms with Crippen LogP contribution >= 0.6 is 0 Å². The van der Waals surface area contributed by atoms with Gasteiger partial charge < -0.3 is 19.9 Å². The fourth-order valence-electron chi connectivity index (χ4n) is 2.11. The maximum atomic E-state index is 12.6. The van der Waals surface area contributed by atoms with E-state index in [1.54, 1.807) is 30.3 Å². The second kappa shape index (κ2) is 7.92. The molecule has 0 amide bonds. The summed E-state index contributed by atoms with van der Waals surface area (Å²) < 4.78 is 52.5. The third-order valence-corrected chi connectivity index (χ3v) is 3.02. The van der Waals surface area contributed by atoms with E-state index in [4.69, 9.17) is 15.2 Å². The number of nitrogens with two attached hydrogens (primary N) is 1. The van der Waals surface area contributed by atoms with Crippen LogP contribution in [0.3, 0.4) is 0 Å². The van der Waals surface area contributed by atoms with E-state index >= 15 is 0 Å². The summed E-state index contributed by atoms with van der Waals surface area (Å²) in [6.45, 7) is 2.63. The van der Waals surface area contributed by atoms with Crippen LogP contribution in [-0.2, 0) is 0 Å². The van der Waals surface area contributed by atoms with Crippen molar-refractivity contribution in [2.45, 2.75) is 13.3 Å². The van der Waals surface area contributed by atoms with Gasteiger partial charge in [-0.1, -0.05) is 18.2 Å². The Labute approximate surface area is 137 Å². The molecule has 0 bridgehead atoms. The molecule has 2 rings (SSSR count). The predicted molar refractivity (Wildman–Crippen MR) is 84.3 cm³/mol. The van der Waals surface area contributed by atoms with Gasteiger partial charge in [0.2, 0.25) is 0 Å². The number of hydrogen-bond acceptors (Lipinski definition) is 4. The standard InChI is InChI=1S/C17H18F3NO3/c1-2-22-14-5-3-4-12(10-14)13-6-7-15(23-9-8-21)16(11-13)24-17(18,19)20/h3-7,10-11H,2,8-9,21H2,1H3. The fraction of sp³-hybridized carbons (Fsp3) is 0.294. The molecule has 130 valence electrons. The van der Waals surface area contributed by atoms with Crippen LogP contribution in [0.2, 0.25) is 0 Å². The van der Waals surface area contributed by atoms with Gasteiger partial charge in [0.15, 0.2) is 11.5 Å². The first-order chi connectivity index (χ1) is 11.4. The summed E-state index contributed by atoms with van der Waals surface area (Å²) >= 11 is 0. The summed E-state index contributed by atoms with van der Waals surface area (Å²) in [7, 11) is 0. The Morgan fingerprint density at radius 3 is 2.38 bits per heavy atom. The highest BCUT2D eigenvalue weighted by Gasteiger charge is 2.32. The highest BCUT2D eigenvalue weighted by Crippen LogP contribution is 2.36. The van der Waals surface area contributed by atoms with Crippen molar-refractivity contribution in [3.05, 3.63) is 42.5 Å². The largest absolute Gasteiger partial charge is 0.573 e. The minimum Gasteiger partial charge on any atom is -0.494 e. The van der Waals surface area contributed by atoms with E-state index in [0.29, 0.717) is 23.5 Å². The summed E-state index contributed by atoms with van der Waals surface area (Å²) in [5.41, 5.74) is 6.58. The van der Waals surface area contributed by atoms with Crippen LogP contribution in [0.5, 0.6) is 17.2 Å². The van der Waals surface area contributed by atoms with Crippen LogP contribution < -0.4 is 19.9 Å². The Morgan fingerprint density at radius 2 is 1.71 bits per heavy atom. The first-order valence-corrected chi connectivity index (χ1v) is 7.39. The smallest absolute Gasteiger partial charge is 0.494 e. The summed E-state index contributed by atoms with van der Waals surface area (Å²) in [4.78, 5) is 0. The second-order valence-corrected chi connectivity index (χ2v) is 4.81. The van der Waals surface area contributed by atoms with Gasteiger partial charge in [0, 0.05) is 6.54 Å². The van der Waals surface area contributed by atoms with Crippen molar-refractivity contribution in [2.75, 3.05) is 19.8 Å². The lowest BCUT2D eigenvalue weighted by Gasteiger charge is -2.15. The van der Waals surface area contributed by atoms with E-state index in [2.05, 4.69) is 4.74 Å². The Kier molecular flexibility index (Phi) is 5.92. The lowest BCUT2D eigenvalue weighted by atomic mass is 10.0. The molecule has 4 nitrogen and oxygen atoms in total. The van der Waals surface area contributed by atoms with Crippen molar-refractivity contribution < 1.29 is 27.4 Å². The van der Waals surface area contributed by atoms with Crippen molar-refractivity contribution in [3.63, 3.8) is 0 Å². The lowest BCUT2D eigenvalue weighted by molar-refractivity contribution is -0.275. The van der Waals surface area contributed by atoms with E-state index in [1.165, 1.54) is 12.1 Å². The number of alkyl halides is 3. The highest BCUT2D eigenvalue weighted by molar-refractivity contribution is 5.68. The molecule has 0 spiro atoms. The van der Waals surface area contributed by atoms with Gasteiger partial charge in [0.25, 0.3) is 0 Å². The summed E-state index contributed by atoms with van der Waals surface area (Å²) in [6, 6.07) is 11.4. The zero-order chi connectivity index (χ0) is 17.6. The molecule has 2 N–H and O–H groups in total. The molecular formula is C17H18F3NO3. The molecule has 0 aliphatic heterocycles. The SMILES string of the molecule is CCOc1cccc(-c2ccc(OCCN)c(OC(F)(F)F)c2)c1. The molecular weight excluding hydrogens is 323 g/mol. The fourth-order valence-corrected chi connectivity index (χ4v) is 2.11. The molecule has 0 atom stereocenters. The Morgan fingerprint density at radius 1 is 0.958 bits per heavy atom. The third kappa shape index (κ3) is 5.06. The molecule has 0 aliphatic carbocycles. The first kappa shape index (κ1) is 17.9. The zero-order valence-electron chi connectivity index (χ0n) is 13.1. The molecule has 0 saturated carbocycles. The van der Waals surface area contributed by atoms with Crippen LogP contribution in [0.15, 0.2) is 42.5 Å². The molecule has 0 fully saturated rings. The van der Waals surface area contributed by atoms with E-state index in [-0.39, 0.29) is 18.9 Å². The Hall–Kier alpha value is -2.41. The van der Waals surface area contributed by atoms with Crippen LogP contribution in [0.1, 0.15) is 6.92 Å². The van der Waals surface area contributed by atoms with Crippen LogP contribution in [0.25, 0.3) is 11.1 Å². The normalized spacial score (nSPS) is 11.2. The molecule has 2 aromatic rings. The van der Waals surface area contributed by atoms with E-state index in [1.807, 2.05) is 6.92 Å². The number of benzene rings is 2. The van der Waals surface area contributed by atoms with Crippen molar-refractivity contribution in [1.82, 2.24) is 0 Å². The maximum absolute atomic E-state index is 12.6. The van der Waals surface area contributed by atoms with E-state index in [9.17, 15) is 13.2 Å². The topological polar surface area (TPSA) is 53.7 Å². The van der Waals surface area contributed by atoms with E-state index < -0.39 is 12.1 Å².